The average Bonchev–Trinajstić information content (AvgIpc) is 3.08. The number of nitrogens with zero attached hydrogens (tertiary/aromatic N) is 1. The van der Waals surface area contributed by atoms with Crippen LogP contribution in [0.5, 0.6) is 0 Å². The Morgan fingerprint density at radius 1 is 0.621 bits per heavy atom. The predicted octanol–water partition coefficient (Wildman–Crippen LogP) is 6.83. The van der Waals surface area contributed by atoms with E-state index in [1.165, 1.54) is 5.56 Å². The third-order valence-electron chi connectivity index (χ3n) is 5.34. The standard InChI is InChI=1S/C26H17NO2/c28-27(29)21-14-15-24-22-8-4-5-9-23(22)25(26(24)17-21)16-18-10-12-20(13-11-18)19-6-2-1-3-7-19/h1-17H. The van der Waals surface area contributed by atoms with Crippen molar-refractivity contribution in [3.8, 4) is 22.3 Å². The third-order valence-corrected chi connectivity index (χ3v) is 5.34. The number of non-ortho nitro benzene ring substituents is 1. The number of hydrogen-bond donors (Lipinski definition) is 0. The molecule has 0 heterocycles. The van der Waals surface area contributed by atoms with Gasteiger partial charge in [0.2, 0.25) is 0 Å². The minimum atomic E-state index is -0.338. The average molecular weight is 375 g/mol. The van der Waals surface area contributed by atoms with Crippen LogP contribution in [0.2, 0.25) is 0 Å². The van der Waals surface area contributed by atoms with Gasteiger partial charge in [0.1, 0.15) is 0 Å². The fraction of sp³-hybridized carbons (Fsp3) is 0. The van der Waals surface area contributed by atoms with Crippen molar-refractivity contribution in [1.82, 2.24) is 0 Å². The van der Waals surface area contributed by atoms with E-state index in [4.69, 9.17) is 0 Å². The predicted molar refractivity (Wildman–Crippen MR) is 117 cm³/mol. The zero-order valence-electron chi connectivity index (χ0n) is 15.6. The highest BCUT2D eigenvalue weighted by atomic mass is 16.6. The lowest BCUT2D eigenvalue weighted by molar-refractivity contribution is -0.384. The lowest BCUT2D eigenvalue weighted by Gasteiger charge is -2.05. The molecule has 138 valence electrons. The molecule has 3 heteroatoms. The van der Waals surface area contributed by atoms with Crippen LogP contribution in [0.25, 0.3) is 33.9 Å². The summed E-state index contributed by atoms with van der Waals surface area (Å²) in [5, 5.41) is 11.3. The molecule has 5 rings (SSSR count). The summed E-state index contributed by atoms with van der Waals surface area (Å²) < 4.78 is 0. The lowest BCUT2D eigenvalue weighted by atomic mass is 9.99. The minimum absolute atomic E-state index is 0.113. The van der Waals surface area contributed by atoms with Crippen LogP contribution in [-0.2, 0) is 0 Å². The van der Waals surface area contributed by atoms with Crippen molar-refractivity contribution in [3.63, 3.8) is 0 Å². The summed E-state index contributed by atoms with van der Waals surface area (Å²) in [6.45, 7) is 0. The molecule has 4 aromatic carbocycles. The Balaban J connectivity index is 1.61. The summed E-state index contributed by atoms with van der Waals surface area (Å²) in [5.41, 5.74) is 8.71. The molecule has 0 N–H and O–H groups in total. The van der Waals surface area contributed by atoms with E-state index in [9.17, 15) is 10.1 Å². The summed E-state index contributed by atoms with van der Waals surface area (Å²) >= 11 is 0. The van der Waals surface area contributed by atoms with E-state index in [-0.39, 0.29) is 10.6 Å². The third kappa shape index (κ3) is 3.03. The molecule has 0 aliphatic heterocycles. The number of hydrogen-bond acceptors (Lipinski definition) is 2. The Hall–Kier alpha value is -3.98. The van der Waals surface area contributed by atoms with Gasteiger partial charge in [0.05, 0.1) is 4.92 Å². The van der Waals surface area contributed by atoms with E-state index in [2.05, 4.69) is 54.6 Å². The van der Waals surface area contributed by atoms with E-state index in [1.54, 1.807) is 12.1 Å². The van der Waals surface area contributed by atoms with Crippen molar-refractivity contribution < 1.29 is 4.92 Å². The van der Waals surface area contributed by atoms with E-state index in [0.717, 1.165) is 39.0 Å². The first kappa shape index (κ1) is 17.1. The largest absolute Gasteiger partial charge is 0.270 e. The molecule has 0 amide bonds. The van der Waals surface area contributed by atoms with Gasteiger partial charge in [0, 0.05) is 12.1 Å². The number of nitro benzene ring substituents is 1. The van der Waals surface area contributed by atoms with Gasteiger partial charge in [-0.05, 0) is 56.7 Å². The molecule has 0 atom stereocenters. The van der Waals surface area contributed by atoms with Crippen molar-refractivity contribution in [2.24, 2.45) is 0 Å². The van der Waals surface area contributed by atoms with Gasteiger partial charge in [0.25, 0.3) is 5.69 Å². The van der Waals surface area contributed by atoms with Gasteiger partial charge in [-0.3, -0.25) is 10.1 Å². The van der Waals surface area contributed by atoms with Gasteiger partial charge >= 0.3 is 0 Å². The second kappa shape index (κ2) is 6.88. The van der Waals surface area contributed by atoms with Crippen molar-refractivity contribution in [2.75, 3.05) is 0 Å². The van der Waals surface area contributed by atoms with Gasteiger partial charge in [-0.2, -0.15) is 0 Å². The van der Waals surface area contributed by atoms with Crippen molar-refractivity contribution >= 4 is 17.3 Å². The lowest BCUT2D eigenvalue weighted by Crippen LogP contribution is -1.89. The van der Waals surface area contributed by atoms with E-state index >= 15 is 0 Å². The summed E-state index contributed by atoms with van der Waals surface area (Å²) in [7, 11) is 0. The van der Waals surface area contributed by atoms with Crippen LogP contribution < -0.4 is 0 Å². The maximum Gasteiger partial charge on any atom is 0.270 e. The number of nitro groups is 1. The Labute approximate surface area is 168 Å². The van der Waals surface area contributed by atoms with Gasteiger partial charge < -0.3 is 0 Å². The fourth-order valence-corrected chi connectivity index (χ4v) is 3.93. The molecular formula is C26H17NO2. The zero-order chi connectivity index (χ0) is 19.8. The molecule has 0 radical (unpaired) electrons. The van der Waals surface area contributed by atoms with E-state index in [0.29, 0.717) is 0 Å². The molecule has 0 aromatic heterocycles. The van der Waals surface area contributed by atoms with E-state index < -0.39 is 0 Å². The Morgan fingerprint density at radius 3 is 1.97 bits per heavy atom. The van der Waals surface area contributed by atoms with Gasteiger partial charge in [-0.1, -0.05) is 78.9 Å². The molecule has 4 aromatic rings. The summed E-state index contributed by atoms with van der Waals surface area (Å²) in [6, 6.07) is 31.9. The Morgan fingerprint density at radius 2 is 1.24 bits per heavy atom. The monoisotopic (exact) mass is 375 g/mol. The smallest absolute Gasteiger partial charge is 0.258 e. The van der Waals surface area contributed by atoms with Crippen LogP contribution >= 0.6 is 0 Å². The minimum Gasteiger partial charge on any atom is -0.258 e. The van der Waals surface area contributed by atoms with Crippen LogP contribution in [0.4, 0.5) is 5.69 Å². The number of benzene rings is 4. The van der Waals surface area contributed by atoms with Crippen LogP contribution in [0, 0.1) is 10.1 Å². The summed E-state index contributed by atoms with van der Waals surface area (Å²) in [6.07, 6.45) is 2.11. The fourth-order valence-electron chi connectivity index (χ4n) is 3.93. The van der Waals surface area contributed by atoms with Gasteiger partial charge in [-0.15, -0.1) is 0 Å². The zero-order valence-corrected chi connectivity index (χ0v) is 15.6. The molecule has 0 spiro atoms. The normalized spacial score (nSPS) is 13.2. The molecular weight excluding hydrogens is 358 g/mol. The highest BCUT2D eigenvalue weighted by Crippen LogP contribution is 2.46. The molecule has 0 unspecified atom stereocenters. The molecule has 0 bridgehead atoms. The molecule has 3 nitrogen and oxygen atoms in total. The van der Waals surface area contributed by atoms with E-state index in [1.807, 2.05) is 36.4 Å². The quantitative estimate of drug-likeness (QED) is 0.256. The molecule has 1 aliphatic carbocycles. The van der Waals surface area contributed by atoms with Crippen molar-refractivity contribution in [1.29, 1.82) is 0 Å². The highest BCUT2D eigenvalue weighted by molar-refractivity contribution is 6.07. The van der Waals surface area contributed by atoms with Crippen LogP contribution in [0.15, 0.2) is 97.1 Å². The maximum atomic E-state index is 11.3. The van der Waals surface area contributed by atoms with Crippen LogP contribution in [0.3, 0.4) is 0 Å². The molecule has 0 saturated heterocycles. The topological polar surface area (TPSA) is 43.1 Å². The second-order valence-electron chi connectivity index (χ2n) is 7.08. The first-order valence-corrected chi connectivity index (χ1v) is 9.46. The van der Waals surface area contributed by atoms with Crippen molar-refractivity contribution in [2.45, 2.75) is 0 Å². The second-order valence-corrected chi connectivity index (χ2v) is 7.08. The number of fused-ring (bicyclic) bond motifs is 3. The molecule has 0 saturated carbocycles. The first-order valence-electron chi connectivity index (χ1n) is 9.46. The maximum absolute atomic E-state index is 11.3. The van der Waals surface area contributed by atoms with Crippen molar-refractivity contribution in [3.05, 3.63) is 124 Å². The first-order chi connectivity index (χ1) is 14.2. The van der Waals surface area contributed by atoms with Crippen LogP contribution in [-0.4, -0.2) is 4.92 Å². The molecule has 0 fully saturated rings. The SMILES string of the molecule is O=[N+]([O-])c1ccc2c(c1)C(=Cc1ccc(-c3ccccc3)cc1)c1ccccc1-2. The van der Waals surface area contributed by atoms with Gasteiger partial charge in [-0.25, -0.2) is 0 Å². The Bertz CT molecular complexity index is 1260. The Kier molecular flexibility index (Phi) is 4.07. The molecule has 29 heavy (non-hydrogen) atoms. The highest BCUT2D eigenvalue weighted by Gasteiger charge is 2.25. The van der Waals surface area contributed by atoms with Gasteiger partial charge in [0.15, 0.2) is 0 Å². The summed E-state index contributed by atoms with van der Waals surface area (Å²) in [4.78, 5) is 11.0. The van der Waals surface area contributed by atoms with Crippen LogP contribution in [0.1, 0.15) is 16.7 Å². The molecule has 1 aliphatic rings. The summed E-state index contributed by atoms with van der Waals surface area (Å²) in [5.74, 6) is 0. The number of rotatable bonds is 3.